The van der Waals surface area contributed by atoms with Gasteiger partial charge in [0.2, 0.25) is 0 Å². The lowest BCUT2D eigenvalue weighted by atomic mass is 10.1. The second-order valence-electron chi connectivity index (χ2n) is 5.65. The van der Waals surface area contributed by atoms with Crippen LogP contribution in [0.15, 0.2) is 12.3 Å². The van der Waals surface area contributed by atoms with E-state index in [0.29, 0.717) is 16.8 Å². The van der Waals surface area contributed by atoms with Gasteiger partial charge in [0.1, 0.15) is 5.69 Å². The van der Waals surface area contributed by atoms with Crippen molar-refractivity contribution in [3.63, 3.8) is 0 Å². The molecule has 1 aromatic rings. The maximum atomic E-state index is 12.1. The summed E-state index contributed by atoms with van der Waals surface area (Å²) in [4.78, 5) is 12.1. The Balaban J connectivity index is 2.07. The average molecular weight is 235 g/mol. The predicted octanol–water partition coefficient (Wildman–Crippen LogP) is 2.18. The van der Waals surface area contributed by atoms with Crippen molar-refractivity contribution < 1.29 is 4.79 Å². The molecule has 1 heterocycles. The summed E-state index contributed by atoms with van der Waals surface area (Å²) < 4.78 is 1.92. The van der Waals surface area contributed by atoms with Crippen molar-refractivity contribution in [3.8, 4) is 0 Å². The smallest absolute Gasteiger partial charge is 0.268 e. The average Bonchev–Trinajstić information content (AvgIpc) is 2.85. The van der Waals surface area contributed by atoms with Crippen LogP contribution in [0, 0.1) is 5.41 Å². The van der Waals surface area contributed by atoms with Gasteiger partial charge >= 0.3 is 0 Å². The number of nitrogens with one attached hydrogen (secondary N) is 1. The highest BCUT2D eigenvalue weighted by Crippen LogP contribution is 2.44. The van der Waals surface area contributed by atoms with E-state index < -0.39 is 0 Å². The van der Waals surface area contributed by atoms with Crippen LogP contribution in [0.3, 0.4) is 0 Å². The maximum absolute atomic E-state index is 12.1. The van der Waals surface area contributed by atoms with Crippen LogP contribution in [0.5, 0.6) is 0 Å². The van der Waals surface area contributed by atoms with E-state index in [1.165, 1.54) is 12.8 Å². The van der Waals surface area contributed by atoms with Crippen LogP contribution in [0.4, 0.5) is 5.69 Å². The highest BCUT2D eigenvalue weighted by molar-refractivity contribution is 5.93. The number of anilines is 1. The number of nitrogens with zero attached hydrogens (tertiary/aromatic N) is 1. The summed E-state index contributed by atoms with van der Waals surface area (Å²) in [7, 11) is 0. The summed E-state index contributed by atoms with van der Waals surface area (Å²) in [5.41, 5.74) is 7.37. The molecule has 4 heteroatoms. The molecule has 1 fully saturated rings. The van der Waals surface area contributed by atoms with Gasteiger partial charge < -0.3 is 15.6 Å². The monoisotopic (exact) mass is 235 g/mol. The van der Waals surface area contributed by atoms with E-state index in [1.807, 2.05) is 24.6 Å². The maximum Gasteiger partial charge on any atom is 0.268 e. The topological polar surface area (TPSA) is 60.0 Å². The van der Waals surface area contributed by atoms with Gasteiger partial charge in [-0.1, -0.05) is 6.92 Å². The third kappa shape index (κ3) is 2.62. The third-order valence-corrected chi connectivity index (χ3v) is 3.44. The third-order valence-electron chi connectivity index (χ3n) is 3.44. The molecule has 94 valence electrons. The van der Waals surface area contributed by atoms with Crippen molar-refractivity contribution in [2.45, 2.75) is 39.7 Å². The van der Waals surface area contributed by atoms with E-state index in [1.54, 1.807) is 6.07 Å². The summed E-state index contributed by atoms with van der Waals surface area (Å²) in [5, 5.41) is 2.99. The van der Waals surface area contributed by atoms with Gasteiger partial charge in [0, 0.05) is 18.8 Å². The molecule has 0 aliphatic heterocycles. The minimum Gasteiger partial charge on any atom is -0.397 e. The van der Waals surface area contributed by atoms with Crippen LogP contribution in [0.1, 0.15) is 50.1 Å². The zero-order valence-electron chi connectivity index (χ0n) is 10.8. The second kappa shape index (κ2) is 4.09. The molecule has 2 rings (SSSR count). The lowest BCUT2D eigenvalue weighted by molar-refractivity contribution is 0.0935. The molecular formula is C13H21N3O. The summed E-state index contributed by atoms with van der Waals surface area (Å²) >= 11 is 0. The van der Waals surface area contributed by atoms with Crippen molar-refractivity contribution in [2.24, 2.45) is 5.41 Å². The van der Waals surface area contributed by atoms with Crippen LogP contribution in [-0.4, -0.2) is 17.0 Å². The lowest BCUT2D eigenvalue weighted by Gasteiger charge is -2.14. The first kappa shape index (κ1) is 12.0. The van der Waals surface area contributed by atoms with Crippen molar-refractivity contribution in [1.29, 1.82) is 0 Å². The second-order valence-corrected chi connectivity index (χ2v) is 5.65. The van der Waals surface area contributed by atoms with E-state index in [2.05, 4.69) is 12.2 Å². The molecule has 17 heavy (non-hydrogen) atoms. The first-order valence-electron chi connectivity index (χ1n) is 6.17. The van der Waals surface area contributed by atoms with Crippen LogP contribution < -0.4 is 11.1 Å². The number of rotatable bonds is 4. The molecule has 0 spiro atoms. The van der Waals surface area contributed by atoms with Gasteiger partial charge in [0.15, 0.2) is 0 Å². The molecule has 0 saturated heterocycles. The van der Waals surface area contributed by atoms with Gasteiger partial charge in [-0.15, -0.1) is 0 Å². The molecule has 1 amide bonds. The van der Waals surface area contributed by atoms with Gasteiger partial charge in [0.05, 0.1) is 5.69 Å². The molecule has 0 aromatic carbocycles. The van der Waals surface area contributed by atoms with E-state index in [4.69, 9.17) is 5.73 Å². The molecule has 0 bridgehead atoms. The first-order chi connectivity index (χ1) is 7.91. The fourth-order valence-corrected chi connectivity index (χ4v) is 1.88. The standard InChI is InChI=1S/C13H21N3O/c1-9(2)16-7-10(14)6-11(16)12(17)15-8-13(3)4-5-13/h6-7,9H,4-5,8,14H2,1-3H3,(H,15,17). The van der Waals surface area contributed by atoms with Crippen molar-refractivity contribution in [2.75, 3.05) is 12.3 Å². The SMILES string of the molecule is CC(C)n1cc(N)cc1C(=O)NCC1(C)CC1. The Kier molecular flexibility index (Phi) is 2.89. The van der Waals surface area contributed by atoms with Gasteiger partial charge in [-0.05, 0) is 38.2 Å². The summed E-state index contributed by atoms with van der Waals surface area (Å²) in [6, 6.07) is 1.98. The largest absolute Gasteiger partial charge is 0.397 e. The Hall–Kier alpha value is -1.45. The summed E-state index contributed by atoms with van der Waals surface area (Å²) in [6.07, 6.45) is 4.24. The van der Waals surface area contributed by atoms with E-state index in [-0.39, 0.29) is 11.9 Å². The number of nitrogens with two attached hydrogens (primary N) is 1. The molecule has 0 atom stereocenters. The Labute approximate surface area is 102 Å². The molecule has 0 radical (unpaired) electrons. The Morgan fingerprint density at radius 1 is 1.59 bits per heavy atom. The zero-order valence-corrected chi connectivity index (χ0v) is 10.8. The number of nitrogen functional groups attached to an aromatic ring is 1. The van der Waals surface area contributed by atoms with Gasteiger partial charge in [-0.2, -0.15) is 0 Å². The van der Waals surface area contributed by atoms with Crippen molar-refractivity contribution in [3.05, 3.63) is 18.0 Å². The molecule has 1 aliphatic carbocycles. The van der Waals surface area contributed by atoms with E-state index in [9.17, 15) is 4.79 Å². The molecule has 3 N–H and O–H groups in total. The number of carbonyl (C=O) groups excluding carboxylic acids is 1. The first-order valence-corrected chi connectivity index (χ1v) is 6.17. The van der Waals surface area contributed by atoms with Crippen molar-refractivity contribution >= 4 is 11.6 Å². The zero-order chi connectivity index (χ0) is 12.6. The number of carbonyl (C=O) groups is 1. The lowest BCUT2D eigenvalue weighted by Crippen LogP contribution is -2.30. The number of aromatic nitrogens is 1. The number of hydrogen-bond donors (Lipinski definition) is 2. The molecule has 4 nitrogen and oxygen atoms in total. The van der Waals surface area contributed by atoms with E-state index >= 15 is 0 Å². The summed E-state index contributed by atoms with van der Waals surface area (Å²) in [5.74, 6) is -0.0245. The van der Waals surface area contributed by atoms with Gasteiger partial charge in [-0.3, -0.25) is 4.79 Å². The fourth-order valence-electron chi connectivity index (χ4n) is 1.88. The predicted molar refractivity (Wildman–Crippen MR) is 68.9 cm³/mol. The van der Waals surface area contributed by atoms with Gasteiger partial charge in [0.25, 0.3) is 5.91 Å². The number of amides is 1. The fraction of sp³-hybridized carbons (Fsp3) is 0.615. The minimum absolute atomic E-state index is 0.0245. The highest BCUT2D eigenvalue weighted by atomic mass is 16.1. The summed E-state index contributed by atoms with van der Waals surface area (Å²) in [6.45, 7) is 7.04. The highest BCUT2D eigenvalue weighted by Gasteiger charge is 2.37. The van der Waals surface area contributed by atoms with Crippen molar-refractivity contribution in [1.82, 2.24) is 9.88 Å². The van der Waals surface area contributed by atoms with Crippen LogP contribution in [-0.2, 0) is 0 Å². The van der Waals surface area contributed by atoms with Crippen LogP contribution >= 0.6 is 0 Å². The normalized spacial score (nSPS) is 17.2. The molecular weight excluding hydrogens is 214 g/mol. The number of hydrogen-bond acceptors (Lipinski definition) is 2. The Bertz CT molecular complexity index is 430. The molecule has 0 unspecified atom stereocenters. The van der Waals surface area contributed by atoms with Crippen LogP contribution in [0.2, 0.25) is 0 Å². The molecule has 1 aromatic heterocycles. The quantitative estimate of drug-likeness (QED) is 0.840. The Morgan fingerprint density at radius 2 is 2.24 bits per heavy atom. The molecule has 1 saturated carbocycles. The van der Waals surface area contributed by atoms with E-state index in [0.717, 1.165) is 6.54 Å². The van der Waals surface area contributed by atoms with Crippen LogP contribution in [0.25, 0.3) is 0 Å². The van der Waals surface area contributed by atoms with Gasteiger partial charge in [-0.25, -0.2) is 0 Å². The minimum atomic E-state index is -0.0245. The molecule has 1 aliphatic rings. The Morgan fingerprint density at radius 3 is 2.76 bits per heavy atom.